The Morgan fingerprint density at radius 1 is 1.26 bits per heavy atom. The molecule has 3 aromatic rings. The maximum absolute atomic E-state index is 12.4. The molecular formula is C16H12ClN3O2S. The van der Waals surface area contributed by atoms with Crippen molar-refractivity contribution in [3.8, 4) is 16.3 Å². The maximum Gasteiger partial charge on any atom is 0.275 e. The van der Waals surface area contributed by atoms with Gasteiger partial charge in [-0.25, -0.2) is 4.98 Å². The summed E-state index contributed by atoms with van der Waals surface area (Å²) in [5.41, 5.74) is 1.76. The topological polar surface area (TPSA) is 64.1 Å². The number of anilines is 1. The van der Waals surface area contributed by atoms with Crippen LogP contribution in [0.4, 0.5) is 5.69 Å². The van der Waals surface area contributed by atoms with Gasteiger partial charge in [-0.1, -0.05) is 11.6 Å². The highest BCUT2D eigenvalue weighted by atomic mass is 35.5. The number of thiazole rings is 1. The molecule has 0 radical (unpaired) electrons. The predicted molar refractivity (Wildman–Crippen MR) is 91.3 cm³/mol. The van der Waals surface area contributed by atoms with Gasteiger partial charge in [0.1, 0.15) is 16.5 Å². The zero-order chi connectivity index (χ0) is 16.2. The van der Waals surface area contributed by atoms with Crippen molar-refractivity contribution in [3.63, 3.8) is 0 Å². The fourth-order valence-corrected chi connectivity index (χ4v) is 2.95. The van der Waals surface area contributed by atoms with Crippen molar-refractivity contribution < 1.29 is 9.53 Å². The molecule has 0 atom stereocenters. The molecule has 7 heteroatoms. The number of ether oxygens (including phenoxy) is 1. The van der Waals surface area contributed by atoms with Gasteiger partial charge in [-0.05, 0) is 30.3 Å². The van der Waals surface area contributed by atoms with E-state index in [-0.39, 0.29) is 5.91 Å². The molecule has 3 rings (SSSR count). The first-order valence-electron chi connectivity index (χ1n) is 6.68. The number of halogens is 1. The van der Waals surface area contributed by atoms with Gasteiger partial charge in [0.25, 0.3) is 5.91 Å². The third-order valence-corrected chi connectivity index (χ3v) is 4.20. The van der Waals surface area contributed by atoms with Crippen LogP contribution in [0.5, 0.6) is 5.75 Å². The quantitative estimate of drug-likeness (QED) is 0.772. The highest BCUT2D eigenvalue weighted by Gasteiger charge is 2.14. The number of carbonyl (C=O) groups excluding carboxylic acids is 1. The van der Waals surface area contributed by atoms with E-state index in [9.17, 15) is 4.79 Å². The van der Waals surface area contributed by atoms with Gasteiger partial charge in [0.2, 0.25) is 0 Å². The van der Waals surface area contributed by atoms with Crippen LogP contribution in [0.2, 0.25) is 5.02 Å². The minimum absolute atomic E-state index is 0.317. The number of pyridine rings is 1. The van der Waals surface area contributed by atoms with Crippen LogP contribution in [0.1, 0.15) is 10.5 Å². The van der Waals surface area contributed by atoms with Gasteiger partial charge in [0, 0.05) is 28.4 Å². The lowest BCUT2D eigenvalue weighted by molar-refractivity contribution is 0.102. The summed E-state index contributed by atoms with van der Waals surface area (Å²) < 4.78 is 5.21. The lowest BCUT2D eigenvalue weighted by Gasteiger charge is -2.09. The first kappa shape index (κ1) is 15.5. The Kier molecular flexibility index (Phi) is 4.55. The highest BCUT2D eigenvalue weighted by Crippen LogP contribution is 2.29. The van der Waals surface area contributed by atoms with Crippen molar-refractivity contribution in [1.82, 2.24) is 9.97 Å². The van der Waals surface area contributed by atoms with Gasteiger partial charge in [-0.15, -0.1) is 11.3 Å². The van der Waals surface area contributed by atoms with Gasteiger partial charge in [-0.2, -0.15) is 0 Å². The summed E-state index contributed by atoms with van der Waals surface area (Å²) in [7, 11) is 1.53. The Balaban J connectivity index is 1.82. The molecule has 116 valence electrons. The van der Waals surface area contributed by atoms with Gasteiger partial charge in [-0.3, -0.25) is 9.78 Å². The molecule has 0 bridgehead atoms. The van der Waals surface area contributed by atoms with E-state index in [1.807, 2.05) is 12.1 Å². The molecule has 1 N–H and O–H groups in total. The van der Waals surface area contributed by atoms with Crippen LogP contribution in [-0.4, -0.2) is 23.0 Å². The summed E-state index contributed by atoms with van der Waals surface area (Å²) in [6.45, 7) is 0. The summed E-state index contributed by atoms with van der Waals surface area (Å²) in [5, 5.41) is 5.75. The van der Waals surface area contributed by atoms with E-state index in [1.165, 1.54) is 18.4 Å². The van der Waals surface area contributed by atoms with E-state index < -0.39 is 0 Å². The molecule has 1 aromatic carbocycles. The van der Waals surface area contributed by atoms with Crippen molar-refractivity contribution in [2.24, 2.45) is 0 Å². The van der Waals surface area contributed by atoms with Crippen LogP contribution in [0.25, 0.3) is 10.6 Å². The molecular weight excluding hydrogens is 334 g/mol. The molecule has 2 heterocycles. The lowest BCUT2D eigenvalue weighted by atomic mass is 10.2. The predicted octanol–water partition coefficient (Wildman–Crippen LogP) is 4.12. The average molecular weight is 346 g/mol. The Bertz CT molecular complexity index is 836. The van der Waals surface area contributed by atoms with Crippen LogP contribution in [0.3, 0.4) is 0 Å². The van der Waals surface area contributed by atoms with E-state index in [0.717, 1.165) is 10.6 Å². The summed E-state index contributed by atoms with van der Waals surface area (Å²) in [5.74, 6) is 0.217. The van der Waals surface area contributed by atoms with E-state index in [1.54, 1.807) is 36.0 Å². The second-order valence-electron chi connectivity index (χ2n) is 4.57. The van der Waals surface area contributed by atoms with Crippen LogP contribution in [0.15, 0.2) is 48.1 Å². The van der Waals surface area contributed by atoms with E-state index in [2.05, 4.69) is 15.3 Å². The van der Waals surface area contributed by atoms with Crippen LogP contribution in [-0.2, 0) is 0 Å². The minimum atomic E-state index is -0.317. The molecule has 0 unspecified atom stereocenters. The summed E-state index contributed by atoms with van der Waals surface area (Å²) >= 11 is 7.36. The molecule has 0 saturated heterocycles. The molecule has 0 aliphatic carbocycles. The molecule has 5 nitrogen and oxygen atoms in total. The van der Waals surface area contributed by atoms with E-state index in [0.29, 0.717) is 22.2 Å². The Morgan fingerprint density at radius 2 is 2.04 bits per heavy atom. The van der Waals surface area contributed by atoms with Crippen LogP contribution < -0.4 is 10.1 Å². The number of aromatic nitrogens is 2. The molecule has 0 aliphatic rings. The Hall–Kier alpha value is -2.44. The lowest BCUT2D eigenvalue weighted by Crippen LogP contribution is -2.13. The molecule has 0 saturated carbocycles. The smallest absolute Gasteiger partial charge is 0.275 e. The summed E-state index contributed by atoms with van der Waals surface area (Å²) in [6, 6.07) is 8.72. The molecule has 2 aromatic heterocycles. The SMILES string of the molecule is COc1ccc(Cl)cc1NC(=O)c1csc(-c2ccncc2)n1. The average Bonchev–Trinajstić information content (AvgIpc) is 3.06. The number of nitrogens with zero attached hydrogens (tertiary/aromatic N) is 2. The molecule has 0 aliphatic heterocycles. The van der Waals surface area contributed by atoms with E-state index >= 15 is 0 Å². The van der Waals surface area contributed by atoms with Gasteiger partial charge in [0.05, 0.1) is 12.8 Å². The zero-order valence-electron chi connectivity index (χ0n) is 12.1. The van der Waals surface area contributed by atoms with E-state index in [4.69, 9.17) is 16.3 Å². The number of benzene rings is 1. The normalized spacial score (nSPS) is 10.3. The first-order chi connectivity index (χ1) is 11.2. The fraction of sp³-hybridized carbons (Fsp3) is 0.0625. The molecule has 23 heavy (non-hydrogen) atoms. The number of methoxy groups -OCH3 is 1. The number of nitrogens with one attached hydrogen (secondary N) is 1. The second kappa shape index (κ2) is 6.76. The number of carbonyl (C=O) groups is 1. The highest BCUT2D eigenvalue weighted by molar-refractivity contribution is 7.13. The van der Waals surface area contributed by atoms with Crippen molar-refractivity contribution in [3.05, 3.63) is 58.8 Å². The first-order valence-corrected chi connectivity index (χ1v) is 7.94. The molecule has 1 amide bonds. The van der Waals surface area contributed by atoms with Gasteiger partial charge < -0.3 is 10.1 Å². The number of hydrogen-bond donors (Lipinski definition) is 1. The number of hydrogen-bond acceptors (Lipinski definition) is 5. The fourth-order valence-electron chi connectivity index (χ4n) is 1.97. The Morgan fingerprint density at radius 3 is 2.78 bits per heavy atom. The Labute approximate surface area is 141 Å². The largest absolute Gasteiger partial charge is 0.495 e. The third kappa shape index (κ3) is 3.49. The summed E-state index contributed by atoms with van der Waals surface area (Å²) in [6.07, 6.45) is 3.38. The second-order valence-corrected chi connectivity index (χ2v) is 5.87. The van der Waals surface area contributed by atoms with Crippen molar-refractivity contribution in [2.75, 3.05) is 12.4 Å². The van der Waals surface area contributed by atoms with Crippen LogP contribution >= 0.6 is 22.9 Å². The third-order valence-electron chi connectivity index (χ3n) is 3.07. The maximum atomic E-state index is 12.4. The van der Waals surface area contributed by atoms with Crippen LogP contribution in [0, 0.1) is 0 Å². The standard InChI is InChI=1S/C16H12ClN3O2S/c1-22-14-3-2-11(17)8-12(14)19-15(21)13-9-23-16(20-13)10-4-6-18-7-5-10/h2-9H,1H3,(H,19,21). The van der Waals surface area contributed by atoms with Gasteiger partial charge >= 0.3 is 0 Å². The molecule has 0 fully saturated rings. The summed E-state index contributed by atoms with van der Waals surface area (Å²) in [4.78, 5) is 20.7. The van der Waals surface area contributed by atoms with Crippen molar-refractivity contribution >= 4 is 34.5 Å². The van der Waals surface area contributed by atoms with Crippen molar-refractivity contribution in [1.29, 1.82) is 0 Å². The number of rotatable bonds is 4. The van der Waals surface area contributed by atoms with Gasteiger partial charge in [0.15, 0.2) is 0 Å². The minimum Gasteiger partial charge on any atom is -0.495 e. The van der Waals surface area contributed by atoms with Crippen molar-refractivity contribution in [2.45, 2.75) is 0 Å². The monoisotopic (exact) mass is 345 g/mol. The molecule has 0 spiro atoms. The number of amides is 1. The zero-order valence-corrected chi connectivity index (χ0v) is 13.7.